The van der Waals surface area contributed by atoms with Gasteiger partial charge in [0.2, 0.25) is 0 Å². The minimum Gasteiger partial charge on any atom is -0.449 e. The van der Waals surface area contributed by atoms with Crippen molar-refractivity contribution in [1.29, 1.82) is 0 Å². The van der Waals surface area contributed by atoms with Crippen LogP contribution < -0.4 is 5.73 Å². The molecule has 1 saturated heterocycles. The lowest BCUT2D eigenvalue weighted by Gasteiger charge is -2.31. The van der Waals surface area contributed by atoms with E-state index in [0.717, 1.165) is 31.2 Å². The molecule has 1 saturated carbocycles. The van der Waals surface area contributed by atoms with E-state index >= 15 is 0 Å². The first kappa shape index (κ1) is 22.2. The maximum Gasteiger partial charge on any atom is 0.409 e. The van der Waals surface area contributed by atoms with Crippen LogP contribution in [0.5, 0.6) is 0 Å². The quantitative estimate of drug-likeness (QED) is 0.614. The number of hydrogen-bond acceptors (Lipinski definition) is 6. The Morgan fingerprint density at radius 2 is 1.97 bits per heavy atom. The molecule has 178 valence electrons. The molecule has 0 bridgehead atoms. The highest BCUT2D eigenvalue weighted by Crippen LogP contribution is 2.45. The second-order valence-electron chi connectivity index (χ2n) is 9.69. The summed E-state index contributed by atoms with van der Waals surface area (Å²) in [4.78, 5) is 30.0. The average molecular weight is 467 g/mol. The van der Waals surface area contributed by atoms with Crippen molar-refractivity contribution in [3.05, 3.63) is 41.3 Å². The number of fused-ring (bicyclic) bond motifs is 1. The molecule has 1 aliphatic heterocycles. The van der Waals surface area contributed by atoms with Crippen LogP contribution in [0.1, 0.15) is 54.6 Å². The normalized spacial score (nSPS) is 17.7. The van der Waals surface area contributed by atoms with Gasteiger partial charge >= 0.3 is 6.09 Å². The van der Waals surface area contributed by atoms with Gasteiger partial charge in [-0.05, 0) is 56.4 Å². The number of aryl methyl sites for hydroxylation is 1. The molecular weight excluding hydrogens is 439 g/mol. The van der Waals surface area contributed by atoms with Gasteiger partial charge in [0, 0.05) is 24.1 Å². The van der Waals surface area contributed by atoms with E-state index in [1.54, 1.807) is 24.1 Å². The van der Waals surface area contributed by atoms with E-state index in [1.807, 2.05) is 4.68 Å². The Morgan fingerprint density at radius 1 is 1.24 bits per heavy atom. The minimum atomic E-state index is -0.810. The Labute approximate surface area is 196 Å². The highest BCUT2D eigenvalue weighted by molar-refractivity contribution is 5.94. The van der Waals surface area contributed by atoms with E-state index < -0.39 is 11.7 Å². The monoisotopic (exact) mass is 466 g/mol. The summed E-state index contributed by atoms with van der Waals surface area (Å²) in [5.41, 5.74) is 8.46. The number of piperidine rings is 1. The summed E-state index contributed by atoms with van der Waals surface area (Å²) in [7, 11) is 0. The van der Waals surface area contributed by atoms with Gasteiger partial charge < -0.3 is 15.4 Å². The second-order valence-corrected chi connectivity index (χ2v) is 9.69. The van der Waals surface area contributed by atoms with Gasteiger partial charge in [-0.15, -0.1) is 5.10 Å². The van der Waals surface area contributed by atoms with E-state index in [9.17, 15) is 14.0 Å². The van der Waals surface area contributed by atoms with E-state index in [2.05, 4.69) is 22.2 Å². The van der Waals surface area contributed by atoms with Crippen molar-refractivity contribution in [1.82, 2.24) is 24.9 Å². The molecule has 2 N–H and O–H groups in total. The zero-order valence-electron chi connectivity index (χ0n) is 19.3. The number of halogens is 1. The number of pyridine rings is 1. The van der Waals surface area contributed by atoms with Crippen LogP contribution in [0.2, 0.25) is 0 Å². The third-order valence-electron chi connectivity index (χ3n) is 6.93. The molecule has 2 aromatic heterocycles. The predicted octanol–water partition coefficient (Wildman–Crippen LogP) is 3.61. The Balaban J connectivity index is 1.30. The Morgan fingerprint density at radius 3 is 2.65 bits per heavy atom. The smallest absolute Gasteiger partial charge is 0.409 e. The first-order valence-corrected chi connectivity index (χ1v) is 11.5. The SMILES string of the molecule is Cc1cc(C(N)=O)c(F)cc1-c1cc2nnn(C3CCN(C(=O)OCC4(C)CC4)CC3)c2cn1. The van der Waals surface area contributed by atoms with Crippen molar-refractivity contribution < 1.29 is 18.7 Å². The molecule has 0 radical (unpaired) electrons. The fourth-order valence-corrected chi connectivity index (χ4v) is 4.38. The molecule has 0 spiro atoms. The van der Waals surface area contributed by atoms with Crippen molar-refractivity contribution in [2.45, 2.75) is 45.6 Å². The number of hydrogen-bond donors (Lipinski definition) is 1. The van der Waals surface area contributed by atoms with Crippen LogP contribution in [0.3, 0.4) is 0 Å². The van der Waals surface area contributed by atoms with Crippen molar-refractivity contribution in [3.8, 4) is 11.3 Å². The van der Waals surface area contributed by atoms with Gasteiger partial charge in [-0.25, -0.2) is 13.9 Å². The summed E-state index contributed by atoms with van der Waals surface area (Å²) in [5, 5.41) is 8.63. The maximum absolute atomic E-state index is 14.3. The summed E-state index contributed by atoms with van der Waals surface area (Å²) in [6.45, 7) is 5.58. The van der Waals surface area contributed by atoms with E-state index in [0.29, 0.717) is 42.0 Å². The van der Waals surface area contributed by atoms with Crippen molar-refractivity contribution >= 4 is 23.0 Å². The van der Waals surface area contributed by atoms with Gasteiger partial charge in [-0.3, -0.25) is 9.78 Å². The zero-order chi connectivity index (χ0) is 24.0. The molecule has 1 aliphatic carbocycles. The summed E-state index contributed by atoms with van der Waals surface area (Å²) < 4.78 is 21.7. The highest BCUT2D eigenvalue weighted by atomic mass is 19.1. The van der Waals surface area contributed by atoms with Crippen LogP contribution in [0, 0.1) is 18.2 Å². The van der Waals surface area contributed by atoms with Crippen LogP contribution in [0.15, 0.2) is 24.4 Å². The number of likely N-dealkylation sites (tertiary alicyclic amines) is 1. The largest absolute Gasteiger partial charge is 0.449 e. The maximum atomic E-state index is 14.3. The number of nitrogens with zero attached hydrogens (tertiary/aromatic N) is 5. The van der Waals surface area contributed by atoms with Crippen molar-refractivity contribution in [3.63, 3.8) is 0 Å². The van der Waals surface area contributed by atoms with Crippen LogP contribution in [0.4, 0.5) is 9.18 Å². The third kappa shape index (κ3) is 4.20. The number of benzene rings is 1. The summed E-state index contributed by atoms with van der Waals surface area (Å²) in [6.07, 6.45) is 5.15. The fourth-order valence-electron chi connectivity index (χ4n) is 4.38. The molecule has 10 heteroatoms. The number of carbonyl (C=O) groups is 2. The highest BCUT2D eigenvalue weighted by Gasteiger charge is 2.39. The number of primary amides is 1. The van der Waals surface area contributed by atoms with E-state index in [1.165, 1.54) is 12.1 Å². The number of rotatable bonds is 5. The van der Waals surface area contributed by atoms with Gasteiger partial charge in [0.25, 0.3) is 5.91 Å². The van der Waals surface area contributed by atoms with Crippen molar-refractivity contribution in [2.24, 2.45) is 11.1 Å². The molecule has 5 rings (SSSR count). The molecule has 34 heavy (non-hydrogen) atoms. The number of aromatic nitrogens is 4. The average Bonchev–Trinajstić information content (AvgIpc) is 3.42. The summed E-state index contributed by atoms with van der Waals surface area (Å²) in [6, 6.07) is 4.55. The van der Waals surface area contributed by atoms with Crippen LogP contribution >= 0.6 is 0 Å². The first-order valence-electron chi connectivity index (χ1n) is 11.5. The first-order chi connectivity index (χ1) is 16.2. The zero-order valence-corrected chi connectivity index (χ0v) is 19.3. The molecule has 0 atom stereocenters. The topological polar surface area (TPSA) is 116 Å². The number of amides is 2. The molecule has 1 aromatic carbocycles. The summed E-state index contributed by atoms with van der Waals surface area (Å²) >= 11 is 0. The number of ether oxygens (including phenoxy) is 1. The lowest BCUT2D eigenvalue weighted by Crippen LogP contribution is -2.40. The molecule has 2 aliphatic rings. The molecule has 2 amide bonds. The predicted molar refractivity (Wildman–Crippen MR) is 123 cm³/mol. The molecule has 0 unspecified atom stereocenters. The van der Waals surface area contributed by atoms with E-state index in [4.69, 9.17) is 10.5 Å². The van der Waals surface area contributed by atoms with Gasteiger partial charge in [-0.2, -0.15) is 0 Å². The number of carbonyl (C=O) groups excluding carboxylic acids is 2. The molecule has 9 nitrogen and oxygen atoms in total. The molecule has 3 heterocycles. The molecule has 3 aromatic rings. The van der Waals surface area contributed by atoms with Gasteiger partial charge in [0.1, 0.15) is 16.9 Å². The van der Waals surface area contributed by atoms with Gasteiger partial charge in [0.15, 0.2) is 0 Å². The summed E-state index contributed by atoms with van der Waals surface area (Å²) in [5.74, 6) is -1.50. The van der Waals surface area contributed by atoms with E-state index in [-0.39, 0.29) is 23.1 Å². The van der Waals surface area contributed by atoms with Gasteiger partial charge in [-0.1, -0.05) is 12.1 Å². The Hall–Kier alpha value is -3.56. The minimum absolute atomic E-state index is 0.0941. The van der Waals surface area contributed by atoms with Crippen molar-refractivity contribution in [2.75, 3.05) is 19.7 Å². The lowest BCUT2D eigenvalue weighted by molar-refractivity contribution is 0.0737. The fraction of sp³-hybridized carbons (Fsp3) is 0.458. The second kappa shape index (κ2) is 8.34. The van der Waals surface area contributed by atoms with Crippen LogP contribution in [-0.2, 0) is 4.74 Å². The molecule has 2 fully saturated rings. The van der Waals surface area contributed by atoms with Crippen LogP contribution in [-0.4, -0.2) is 56.6 Å². The Kier molecular flexibility index (Phi) is 5.45. The van der Waals surface area contributed by atoms with Crippen LogP contribution in [0.25, 0.3) is 22.3 Å². The standard InChI is InChI=1S/C24H27FN6O3/c1-14-9-17(22(26)32)18(25)10-16(14)19-11-20-21(12-27-19)31(29-28-20)15-3-7-30(8-4-15)23(33)34-13-24(2)5-6-24/h9-12,15H,3-8,13H2,1-2H3,(H2,26,32). The molecular formula is C24H27FN6O3. The lowest BCUT2D eigenvalue weighted by atomic mass is 10.0. The third-order valence-corrected chi connectivity index (χ3v) is 6.93. The van der Waals surface area contributed by atoms with Gasteiger partial charge in [0.05, 0.1) is 30.1 Å². The Bertz CT molecular complexity index is 1280. The number of nitrogens with two attached hydrogens (primary N) is 1.